The molecule has 4 nitrogen and oxygen atoms in total. The van der Waals surface area contributed by atoms with Gasteiger partial charge in [-0.1, -0.05) is 26.7 Å². The molecule has 4 heteroatoms. The molecule has 0 radical (unpaired) electrons. The quantitative estimate of drug-likeness (QED) is 0.434. The maximum atomic E-state index is 5.50. The van der Waals surface area contributed by atoms with Gasteiger partial charge in [0, 0.05) is 6.61 Å². The van der Waals surface area contributed by atoms with Crippen molar-refractivity contribution in [2.24, 2.45) is 5.92 Å². The zero-order valence-corrected chi connectivity index (χ0v) is 13.9. The van der Waals surface area contributed by atoms with Gasteiger partial charge in [-0.3, -0.25) is 0 Å². The van der Waals surface area contributed by atoms with E-state index in [1.165, 1.54) is 12.8 Å². The zero-order valence-electron chi connectivity index (χ0n) is 13.9. The number of unbranched alkanes of at least 4 members (excludes halogenated alkanes) is 1. The summed E-state index contributed by atoms with van der Waals surface area (Å²) in [5.74, 6) is 0.796. The van der Waals surface area contributed by atoms with Gasteiger partial charge in [-0.15, -0.1) is 0 Å². The summed E-state index contributed by atoms with van der Waals surface area (Å²) in [5.41, 5.74) is 0. The minimum atomic E-state index is 0.271. The molecule has 20 heavy (non-hydrogen) atoms. The Labute approximate surface area is 125 Å². The second-order valence-electron chi connectivity index (χ2n) is 5.65. The second kappa shape index (κ2) is 15.2. The minimum Gasteiger partial charge on any atom is -0.379 e. The first-order valence-electron chi connectivity index (χ1n) is 7.97. The molecule has 0 aliphatic rings. The topological polar surface area (TPSA) is 36.9 Å². The molecule has 0 rings (SSSR count). The van der Waals surface area contributed by atoms with E-state index in [4.69, 9.17) is 18.9 Å². The maximum absolute atomic E-state index is 5.50. The molecule has 0 aromatic rings. The fourth-order valence-electron chi connectivity index (χ4n) is 1.64. The monoisotopic (exact) mass is 290 g/mol. The normalized spacial score (nSPS) is 11.7. The van der Waals surface area contributed by atoms with Gasteiger partial charge in [-0.05, 0) is 26.2 Å². The zero-order chi connectivity index (χ0) is 15.1. The summed E-state index contributed by atoms with van der Waals surface area (Å²) in [7, 11) is 0. The van der Waals surface area contributed by atoms with Crippen molar-refractivity contribution in [3.8, 4) is 0 Å². The molecular weight excluding hydrogens is 256 g/mol. The largest absolute Gasteiger partial charge is 0.379 e. The first-order chi connectivity index (χ1) is 9.63. The van der Waals surface area contributed by atoms with Gasteiger partial charge in [0.1, 0.15) is 0 Å². The molecule has 0 aliphatic carbocycles. The predicted molar refractivity (Wildman–Crippen MR) is 82.2 cm³/mol. The van der Waals surface area contributed by atoms with Crippen LogP contribution in [-0.2, 0) is 18.9 Å². The standard InChI is InChI=1S/C16H34O4/c1-15(2)7-5-6-8-17-9-10-18-11-12-19-13-14-20-16(3)4/h15-16H,5-14H2,1-4H3. The van der Waals surface area contributed by atoms with Crippen LogP contribution in [0.25, 0.3) is 0 Å². The summed E-state index contributed by atoms with van der Waals surface area (Å²) in [6.45, 7) is 13.3. The Kier molecular flexibility index (Phi) is 15.1. The van der Waals surface area contributed by atoms with E-state index in [2.05, 4.69) is 13.8 Å². The van der Waals surface area contributed by atoms with Gasteiger partial charge < -0.3 is 18.9 Å². The summed E-state index contributed by atoms with van der Waals surface area (Å²) in [4.78, 5) is 0. The molecule has 0 aromatic heterocycles. The van der Waals surface area contributed by atoms with E-state index >= 15 is 0 Å². The van der Waals surface area contributed by atoms with Crippen molar-refractivity contribution < 1.29 is 18.9 Å². The van der Waals surface area contributed by atoms with Gasteiger partial charge in [0.2, 0.25) is 0 Å². The molecule has 0 heterocycles. The van der Waals surface area contributed by atoms with E-state index in [-0.39, 0.29) is 6.10 Å². The van der Waals surface area contributed by atoms with Crippen LogP contribution in [0.3, 0.4) is 0 Å². The SMILES string of the molecule is CC(C)CCCCOCCOCCOCCOC(C)C. The molecule has 0 unspecified atom stereocenters. The van der Waals surface area contributed by atoms with Gasteiger partial charge in [-0.2, -0.15) is 0 Å². The molecule has 0 fully saturated rings. The van der Waals surface area contributed by atoms with Crippen LogP contribution in [0.15, 0.2) is 0 Å². The Hall–Kier alpha value is -0.160. The Morgan fingerprint density at radius 1 is 0.600 bits per heavy atom. The molecule has 0 spiro atoms. The van der Waals surface area contributed by atoms with E-state index in [1.807, 2.05) is 13.8 Å². The number of ether oxygens (including phenoxy) is 4. The van der Waals surface area contributed by atoms with E-state index in [9.17, 15) is 0 Å². The minimum absolute atomic E-state index is 0.271. The van der Waals surface area contributed by atoms with Crippen LogP contribution in [0, 0.1) is 5.92 Å². The maximum Gasteiger partial charge on any atom is 0.0703 e. The van der Waals surface area contributed by atoms with Crippen LogP contribution in [0.1, 0.15) is 47.0 Å². The third kappa shape index (κ3) is 17.8. The highest BCUT2D eigenvalue weighted by Gasteiger charge is 1.96. The third-order valence-electron chi connectivity index (χ3n) is 2.74. The average molecular weight is 290 g/mol. The van der Waals surface area contributed by atoms with Crippen LogP contribution in [0.5, 0.6) is 0 Å². The molecule has 122 valence electrons. The van der Waals surface area contributed by atoms with Crippen LogP contribution in [0.4, 0.5) is 0 Å². The molecular formula is C16H34O4. The van der Waals surface area contributed by atoms with E-state index < -0.39 is 0 Å². The highest BCUT2D eigenvalue weighted by molar-refractivity contribution is 4.46. The van der Waals surface area contributed by atoms with Gasteiger partial charge >= 0.3 is 0 Å². The van der Waals surface area contributed by atoms with Crippen LogP contribution in [-0.4, -0.2) is 52.4 Å². The molecule has 0 aromatic carbocycles. The molecule has 0 N–H and O–H groups in total. The van der Waals surface area contributed by atoms with Crippen molar-refractivity contribution in [3.63, 3.8) is 0 Å². The summed E-state index contributed by atoms with van der Waals surface area (Å²) in [6.07, 6.45) is 3.96. The van der Waals surface area contributed by atoms with Crippen molar-refractivity contribution >= 4 is 0 Å². The highest BCUT2D eigenvalue weighted by atomic mass is 16.6. The van der Waals surface area contributed by atoms with E-state index in [0.717, 1.165) is 18.9 Å². The Morgan fingerprint density at radius 2 is 1.10 bits per heavy atom. The first-order valence-corrected chi connectivity index (χ1v) is 7.97. The summed E-state index contributed by atoms with van der Waals surface area (Å²) < 4.78 is 21.7. The van der Waals surface area contributed by atoms with Crippen LogP contribution >= 0.6 is 0 Å². The van der Waals surface area contributed by atoms with Gasteiger partial charge in [-0.25, -0.2) is 0 Å². The Bertz CT molecular complexity index is 163. The fourth-order valence-corrected chi connectivity index (χ4v) is 1.64. The molecule has 0 saturated heterocycles. The van der Waals surface area contributed by atoms with Gasteiger partial charge in [0.15, 0.2) is 0 Å². The van der Waals surface area contributed by atoms with Crippen molar-refractivity contribution in [2.45, 2.75) is 53.1 Å². The van der Waals surface area contributed by atoms with Crippen molar-refractivity contribution in [3.05, 3.63) is 0 Å². The molecule has 0 saturated carbocycles. The van der Waals surface area contributed by atoms with Crippen molar-refractivity contribution in [2.75, 3.05) is 46.2 Å². The Morgan fingerprint density at radius 3 is 1.60 bits per heavy atom. The fraction of sp³-hybridized carbons (Fsp3) is 1.00. The van der Waals surface area contributed by atoms with Crippen molar-refractivity contribution in [1.82, 2.24) is 0 Å². The molecule has 0 atom stereocenters. The molecule has 0 amide bonds. The Balaban J connectivity index is 2.96. The third-order valence-corrected chi connectivity index (χ3v) is 2.74. The van der Waals surface area contributed by atoms with Crippen molar-refractivity contribution in [1.29, 1.82) is 0 Å². The van der Waals surface area contributed by atoms with E-state index in [1.54, 1.807) is 0 Å². The lowest BCUT2D eigenvalue weighted by atomic mass is 10.1. The second-order valence-corrected chi connectivity index (χ2v) is 5.65. The van der Waals surface area contributed by atoms with Gasteiger partial charge in [0.05, 0.1) is 45.7 Å². The average Bonchev–Trinajstić information content (AvgIpc) is 2.38. The lowest BCUT2D eigenvalue weighted by molar-refractivity contribution is -0.0119. The highest BCUT2D eigenvalue weighted by Crippen LogP contribution is 2.05. The van der Waals surface area contributed by atoms with Gasteiger partial charge in [0.25, 0.3) is 0 Å². The first kappa shape index (κ1) is 19.8. The summed E-state index contributed by atoms with van der Waals surface area (Å²) >= 11 is 0. The number of rotatable bonds is 15. The van der Waals surface area contributed by atoms with E-state index in [0.29, 0.717) is 39.6 Å². The predicted octanol–water partition coefficient (Wildman–Crippen LogP) is 3.29. The molecule has 0 bridgehead atoms. The number of hydrogen-bond acceptors (Lipinski definition) is 4. The summed E-state index contributed by atoms with van der Waals surface area (Å²) in [5, 5.41) is 0. The number of hydrogen-bond donors (Lipinski definition) is 0. The van der Waals surface area contributed by atoms with Crippen LogP contribution < -0.4 is 0 Å². The summed E-state index contributed by atoms with van der Waals surface area (Å²) in [6, 6.07) is 0. The molecule has 0 aliphatic heterocycles. The van der Waals surface area contributed by atoms with Crippen LogP contribution in [0.2, 0.25) is 0 Å². The lowest BCUT2D eigenvalue weighted by Crippen LogP contribution is -2.13. The lowest BCUT2D eigenvalue weighted by Gasteiger charge is -2.09. The smallest absolute Gasteiger partial charge is 0.0703 e.